The second-order valence-corrected chi connectivity index (χ2v) is 7.13. The van der Waals surface area contributed by atoms with Crippen molar-refractivity contribution in [2.75, 3.05) is 13.2 Å². The van der Waals surface area contributed by atoms with Crippen molar-refractivity contribution in [3.63, 3.8) is 0 Å². The Morgan fingerprint density at radius 2 is 1.50 bits per heavy atom. The molecule has 0 fully saturated rings. The highest BCUT2D eigenvalue weighted by molar-refractivity contribution is 5.87. The molecule has 2 aromatic carbocycles. The summed E-state index contributed by atoms with van der Waals surface area (Å²) in [5.74, 6) is -0.551. The van der Waals surface area contributed by atoms with Crippen LogP contribution in [0, 0.1) is 0 Å². The predicted molar refractivity (Wildman–Crippen MR) is 117 cm³/mol. The molecule has 5 nitrogen and oxygen atoms in total. The minimum absolute atomic E-state index is 0.186. The van der Waals surface area contributed by atoms with Gasteiger partial charge in [0, 0.05) is 11.1 Å². The minimum Gasteiger partial charge on any atom is -0.490 e. The standard InChI is InChI=1S/C25H28O5/c1-18(2)25(28)30-16-15-29-23-13-11-22(12-14-23)17-21-9-7-20(8-10-21)6-4-5-19(3)24(26)27/h5,7-14H,1,4,6,15-17H2,2-3H3,(H,26,27). The summed E-state index contributed by atoms with van der Waals surface area (Å²) < 4.78 is 10.6. The summed E-state index contributed by atoms with van der Waals surface area (Å²) in [5, 5.41) is 8.87. The van der Waals surface area contributed by atoms with Crippen LogP contribution in [-0.2, 0) is 27.2 Å². The first-order valence-electron chi connectivity index (χ1n) is 9.87. The number of hydrogen-bond donors (Lipinski definition) is 1. The summed E-state index contributed by atoms with van der Waals surface area (Å²) in [6, 6.07) is 16.2. The topological polar surface area (TPSA) is 72.8 Å². The van der Waals surface area contributed by atoms with E-state index in [0.29, 0.717) is 24.2 Å². The van der Waals surface area contributed by atoms with Crippen molar-refractivity contribution in [1.29, 1.82) is 0 Å². The minimum atomic E-state index is -0.868. The van der Waals surface area contributed by atoms with E-state index >= 15 is 0 Å². The van der Waals surface area contributed by atoms with Crippen LogP contribution in [0.1, 0.15) is 37.0 Å². The number of carboxylic acids is 1. The molecule has 2 aromatic rings. The Bertz CT molecular complexity index is 892. The van der Waals surface area contributed by atoms with Crippen LogP contribution in [0.2, 0.25) is 0 Å². The van der Waals surface area contributed by atoms with Crippen LogP contribution >= 0.6 is 0 Å². The number of benzene rings is 2. The van der Waals surface area contributed by atoms with E-state index in [-0.39, 0.29) is 6.61 Å². The molecule has 0 bridgehead atoms. The number of aliphatic carboxylic acids is 1. The van der Waals surface area contributed by atoms with Gasteiger partial charge in [0.15, 0.2) is 0 Å². The molecule has 2 rings (SSSR count). The second kappa shape index (κ2) is 11.6. The highest BCUT2D eigenvalue weighted by Gasteiger charge is 2.03. The van der Waals surface area contributed by atoms with Gasteiger partial charge in [-0.15, -0.1) is 0 Å². The molecule has 0 aliphatic carbocycles. The molecule has 0 atom stereocenters. The fourth-order valence-electron chi connectivity index (χ4n) is 2.72. The van der Waals surface area contributed by atoms with Crippen molar-refractivity contribution in [3.8, 4) is 5.75 Å². The highest BCUT2D eigenvalue weighted by Crippen LogP contribution is 2.16. The van der Waals surface area contributed by atoms with Gasteiger partial charge in [-0.1, -0.05) is 49.1 Å². The predicted octanol–water partition coefficient (Wildman–Crippen LogP) is 4.74. The van der Waals surface area contributed by atoms with Crippen molar-refractivity contribution in [2.24, 2.45) is 0 Å². The monoisotopic (exact) mass is 408 g/mol. The first-order valence-corrected chi connectivity index (χ1v) is 9.87. The molecule has 30 heavy (non-hydrogen) atoms. The summed E-state index contributed by atoms with van der Waals surface area (Å²) in [7, 11) is 0. The van der Waals surface area contributed by atoms with Crippen molar-refractivity contribution in [3.05, 3.63) is 89.0 Å². The Kier molecular flexibility index (Phi) is 8.88. The van der Waals surface area contributed by atoms with Gasteiger partial charge in [-0.05, 0) is 61.9 Å². The summed E-state index contributed by atoms with van der Waals surface area (Å²) >= 11 is 0. The van der Waals surface area contributed by atoms with E-state index in [4.69, 9.17) is 14.6 Å². The molecule has 5 heteroatoms. The first kappa shape index (κ1) is 22.9. The van der Waals surface area contributed by atoms with Gasteiger partial charge in [0.25, 0.3) is 0 Å². The Labute approximate surface area is 177 Å². The van der Waals surface area contributed by atoms with Gasteiger partial charge < -0.3 is 14.6 Å². The normalized spacial score (nSPS) is 11.1. The number of rotatable bonds is 11. The molecular formula is C25H28O5. The average molecular weight is 408 g/mol. The van der Waals surface area contributed by atoms with E-state index < -0.39 is 11.9 Å². The quantitative estimate of drug-likeness (QED) is 0.330. The van der Waals surface area contributed by atoms with Crippen LogP contribution < -0.4 is 4.74 Å². The number of hydrogen-bond acceptors (Lipinski definition) is 4. The third-order valence-electron chi connectivity index (χ3n) is 4.51. The smallest absolute Gasteiger partial charge is 0.333 e. The number of carboxylic acid groups (broad SMARTS) is 1. The van der Waals surface area contributed by atoms with Crippen molar-refractivity contribution >= 4 is 11.9 Å². The van der Waals surface area contributed by atoms with E-state index in [1.807, 2.05) is 24.3 Å². The van der Waals surface area contributed by atoms with E-state index in [1.54, 1.807) is 19.9 Å². The van der Waals surface area contributed by atoms with Crippen molar-refractivity contribution in [2.45, 2.75) is 33.1 Å². The Hall–Kier alpha value is -3.34. The lowest BCUT2D eigenvalue weighted by molar-refractivity contribution is -0.139. The molecular weight excluding hydrogens is 380 g/mol. The first-order chi connectivity index (χ1) is 14.3. The van der Waals surface area contributed by atoms with Gasteiger partial charge in [0.2, 0.25) is 0 Å². The van der Waals surface area contributed by atoms with Crippen LogP contribution in [0.3, 0.4) is 0 Å². The van der Waals surface area contributed by atoms with Crippen molar-refractivity contribution in [1.82, 2.24) is 0 Å². The second-order valence-electron chi connectivity index (χ2n) is 7.13. The van der Waals surface area contributed by atoms with E-state index in [0.717, 1.165) is 18.6 Å². The molecule has 0 saturated heterocycles. The Morgan fingerprint density at radius 3 is 2.07 bits per heavy atom. The van der Waals surface area contributed by atoms with Crippen LogP contribution in [-0.4, -0.2) is 30.3 Å². The number of allylic oxidation sites excluding steroid dienone is 1. The molecule has 0 aromatic heterocycles. The zero-order chi connectivity index (χ0) is 21.9. The van der Waals surface area contributed by atoms with Gasteiger partial charge in [-0.25, -0.2) is 9.59 Å². The van der Waals surface area contributed by atoms with Crippen LogP contribution in [0.15, 0.2) is 72.3 Å². The Balaban J connectivity index is 1.78. The van der Waals surface area contributed by atoms with Gasteiger partial charge in [-0.2, -0.15) is 0 Å². The fourth-order valence-corrected chi connectivity index (χ4v) is 2.72. The fraction of sp³-hybridized carbons (Fsp3) is 0.280. The molecule has 0 amide bonds. The van der Waals surface area contributed by atoms with Gasteiger partial charge in [-0.3, -0.25) is 0 Å². The molecule has 0 spiro atoms. The van der Waals surface area contributed by atoms with Gasteiger partial charge in [0.05, 0.1) is 0 Å². The molecule has 0 aliphatic rings. The van der Waals surface area contributed by atoms with Crippen molar-refractivity contribution < 1.29 is 24.2 Å². The largest absolute Gasteiger partial charge is 0.490 e. The molecule has 0 radical (unpaired) electrons. The lowest BCUT2D eigenvalue weighted by Crippen LogP contribution is -2.12. The number of ether oxygens (including phenoxy) is 2. The summed E-state index contributed by atoms with van der Waals surface area (Å²) in [6.45, 7) is 7.23. The summed E-state index contributed by atoms with van der Waals surface area (Å²) in [6.07, 6.45) is 4.10. The maximum atomic E-state index is 11.3. The highest BCUT2D eigenvalue weighted by atomic mass is 16.6. The lowest BCUT2D eigenvalue weighted by atomic mass is 10.0. The number of esters is 1. The van der Waals surface area contributed by atoms with Crippen LogP contribution in [0.5, 0.6) is 5.75 Å². The molecule has 0 heterocycles. The number of carbonyl (C=O) groups excluding carboxylic acids is 1. The number of carbonyl (C=O) groups is 2. The maximum absolute atomic E-state index is 11.3. The van der Waals surface area contributed by atoms with Gasteiger partial charge >= 0.3 is 11.9 Å². The molecule has 0 saturated carbocycles. The zero-order valence-electron chi connectivity index (χ0n) is 17.5. The number of aryl methyl sites for hydroxylation is 1. The summed E-state index contributed by atoms with van der Waals surface area (Å²) in [5.41, 5.74) is 4.31. The summed E-state index contributed by atoms with van der Waals surface area (Å²) in [4.78, 5) is 22.1. The van der Waals surface area contributed by atoms with Crippen LogP contribution in [0.25, 0.3) is 0 Å². The molecule has 1 N–H and O–H groups in total. The average Bonchev–Trinajstić information content (AvgIpc) is 2.73. The zero-order valence-corrected chi connectivity index (χ0v) is 17.5. The van der Waals surface area contributed by atoms with Crippen LogP contribution in [0.4, 0.5) is 0 Å². The van der Waals surface area contributed by atoms with E-state index in [1.165, 1.54) is 16.7 Å². The Morgan fingerprint density at radius 1 is 0.933 bits per heavy atom. The van der Waals surface area contributed by atoms with E-state index in [2.05, 4.69) is 30.8 Å². The third-order valence-corrected chi connectivity index (χ3v) is 4.51. The maximum Gasteiger partial charge on any atom is 0.333 e. The van der Waals surface area contributed by atoms with E-state index in [9.17, 15) is 9.59 Å². The molecule has 158 valence electrons. The SMILES string of the molecule is C=C(C)C(=O)OCCOc1ccc(Cc2ccc(CCC=C(C)C(=O)O)cc2)cc1. The molecule has 0 unspecified atom stereocenters. The van der Waals surface area contributed by atoms with Gasteiger partial charge in [0.1, 0.15) is 19.0 Å². The third kappa shape index (κ3) is 7.95. The molecule has 0 aliphatic heterocycles. The lowest BCUT2D eigenvalue weighted by Gasteiger charge is -2.08.